The zero-order chi connectivity index (χ0) is 26.1. The van der Waals surface area contributed by atoms with E-state index in [9.17, 15) is 27.2 Å². The summed E-state index contributed by atoms with van der Waals surface area (Å²) in [6, 6.07) is 1.35. The summed E-state index contributed by atoms with van der Waals surface area (Å²) in [5.74, 6) is -3.03. The largest absolute Gasteiger partial charge is 0.444 e. The van der Waals surface area contributed by atoms with Crippen molar-refractivity contribution in [3.63, 3.8) is 0 Å². The maximum Gasteiger partial charge on any atom is 0.408 e. The number of ether oxygens (including phenoxy) is 1. The molecule has 4 N–H and O–H groups in total. The van der Waals surface area contributed by atoms with Crippen LogP contribution in [0.5, 0.6) is 0 Å². The van der Waals surface area contributed by atoms with E-state index in [1.807, 2.05) is 0 Å². The first kappa shape index (κ1) is 27.4. The zero-order valence-electron chi connectivity index (χ0n) is 19.5. The maximum atomic E-state index is 14.7. The molecule has 188 valence electrons. The van der Waals surface area contributed by atoms with Crippen molar-refractivity contribution < 1.29 is 36.8 Å². The number of hydrogen-bond acceptors (Lipinski definition) is 9. The smallest absolute Gasteiger partial charge is 0.408 e. The lowest BCUT2D eigenvalue weighted by Crippen LogP contribution is -2.46. The number of carbonyl (C=O) groups is 3. The number of sulfone groups is 1. The van der Waals surface area contributed by atoms with Crippen LogP contribution >= 0.6 is 11.8 Å². The quantitative estimate of drug-likeness (QED) is 0.228. The second-order valence-electron chi connectivity index (χ2n) is 8.97. The second-order valence-corrected chi connectivity index (χ2v) is 12.6. The lowest BCUT2D eigenvalue weighted by atomic mass is 10.1. The van der Waals surface area contributed by atoms with Crippen molar-refractivity contribution in [2.24, 2.45) is 10.9 Å². The molecule has 2 rings (SSSR count). The third kappa shape index (κ3) is 6.59. The van der Waals surface area contributed by atoms with Crippen molar-refractivity contribution in [1.82, 2.24) is 5.32 Å². The number of halogens is 1. The van der Waals surface area contributed by atoms with Crippen LogP contribution in [0, 0.1) is 5.82 Å². The second kappa shape index (κ2) is 9.78. The lowest BCUT2D eigenvalue weighted by Gasteiger charge is -2.22. The molecule has 1 aromatic rings. The molecule has 1 aliphatic heterocycles. The van der Waals surface area contributed by atoms with E-state index in [1.54, 1.807) is 20.8 Å². The van der Waals surface area contributed by atoms with Crippen LogP contribution in [-0.4, -0.2) is 60.6 Å². The molecule has 14 heteroatoms. The molecule has 0 unspecified atom stereocenters. The fourth-order valence-electron chi connectivity index (χ4n) is 2.40. The van der Waals surface area contributed by atoms with Gasteiger partial charge in [0, 0.05) is 16.9 Å². The van der Waals surface area contributed by atoms with Gasteiger partial charge in [-0.1, -0.05) is 5.16 Å². The number of carbonyl (C=O) groups excluding carboxylic acids is 3. The molecule has 1 aromatic carbocycles. The molecule has 0 spiro atoms. The minimum atomic E-state index is -3.82. The van der Waals surface area contributed by atoms with Gasteiger partial charge in [-0.05, 0) is 46.8 Å². The van der Waals surface area contributed by atoms with Gasteiger partial charge in [-0.3, -0.25) is 4.79 Å². The number of hydrogen-bond donors (Lipinski definition) is 3. The van der Waals surface area contributed by atoms with E-state index >= 15 is 0 Å². The van der Waals surface area contributed by atoms with E-state index < -0.39 is 55.8 Å². The Morgan fingerprint density at radius 2 is 1.88 bits per heavy atom. The van der Waals surface area contributed by atoms with E-state index in [0.717, 1.165) is 37.9 Å². The number of thioether (sulfide) groups is 1. The Balaban J connectivity index is 2.22. The number of benzene rings is 1. The summed E-state index contributed by atoms with van der Waals surface area (Å²) < 4.78 is 41.4. The SMILES string of the molecule is CC(C)(C)OC(=O)N[C@H]1CSc2cc(F)c(/C(N)=N/OC(=O)C(C)(C)S(C)(=O)=O)cc2NC1=O. The summed E-state index contributed by atoms with van der Waals surface area (Å²) in [5, 5.41) is 8.41. The van der Waals surface area contributed by atoms with Crippen molar-refractivity contribution in [2.45, 2.75) is 55.9 Å². The van der Waals surface area contributed by atoms with Crippen molar-refractivity contribution in [2.75, 3.05) is 17.3 Å². The number of fused-ring (bicyclic) bond motifs is 1. The number of nitrogens with zero attached hydrogens (tertiary/aromatic N) is 1. The standard InChI is InChI=1S/C20H27FN4O7S2/c1-19(2,3)31-18(28)24-13-9-33-14-8-11(21)10(7-12(14)23-16(13)26)15(22)25-32-17(27)20(4,5)34(6,29)30/h7-8,13H,9H2,1-6H3,(H2,22,25)(H,23,26)(H,24,28)/t13-/m0/s1. The Kier molecular flexibility index (Phi) is 7.87. The number of oxime groups is 1. The summed E-state index contributed by atoms with van der Waals surface area (Å²) in [7, 11) is -3.82. The van der Waals surface area contributed by atoms with Crippen molar-refractivity contribution in [3.05, 3.63) is 23.5 Å². The first-order chi connectivity index (χ1) is 15.4. The summed E-state index contributed by atoms with van der Waals surface area (Å²) in [6.07, 6.45) is 0.0833. The van der Waals surface area contributed by atoms with Gasteiger partial charge in [-0.15, -0.1) is 11.8 Å². The van der Waals surface area contributed by atoms with Crippen molar-refractivity contribution >= 4 is 51.1 Å². The van der Waals surface area contributed by atoms with Crippen LogP contribution < -0.4 is 16.4 Å². The summed E-state index contributed by atoms with van der Waals surface area (Å²) in [5.41, 5.74) is 4.90. The fraction of sp³-hybridized carbons (Fsp3) is 0.500. The van der Waals surface area contributed by atoms with E-state index in [0.29, 0.717) is 4.90 Å². The van der Waals surface area contributed by atoms with Crippen LogP contribution in [0.4, 0.5) is 14.9 Å². The van der Waals surface area contributed by atoms with Crippen LogP contribution in [0.2, 0.25) is 0 Å². The third-order valence-corrected chi connectivity index (χ3v) is 7.83. The molecule has 0 fully saturated rings. The highest BCUT2D eigenvalue weighted by Gasteiger charge is 2.41. The zero-order valence-corrected chi connectivity index (χ0v) is 21.1. The highest BCUT2D eigenvalue weighted by molar-refractivity contribution is 7.99. The highest BCUT2D eigenvalue weighted by Crippen LogP contribution is 2.33. The Hall–Kier alpha value is -2.87. The Morgan fingerprint density at radius 3 is 2.44 bits per heavy atom. The molecule has 0 saturated heterocycles. The first-order valence-corrected chi connectivity index (χ1v) is 12.8. The molecular formula is C20H27FN4O7S2. The topological polar surface area (TPSA) is 166 Å². The Bertz CT molecular complexity index is 1140. The van der Waals surface area contributed by atoms with E-state index in [1.165, 1.54) is 6.07 Å². The monoisotopic (exact) mass is 518 g/mol. The average Bonchev–Trinajstić information content (AvgIpc) is 2.81. The molecule has 0 aliphatic carbocycles. The van der Waals surface area contributed by atoms with Crippen LogP contribution in [-0.2, 0) is 29.0 Å². The maximum absolute atomic E-state index is 14.7. The van der Waals surface area contributed by atoms with Gasteiger partial charge in [0.1, 0.15) is 17.5 Å². The van der Waals surface area contributed by atoms with Gasteiger partial charge in [0.2, 0.25) is 5.91 Å². The number of alkyl carbamates (subject to hydrolysis) is 1. The molecule has 11 nitrogen and oxygen atoms in total. The molecule has 0 saturated carbocycles. The molecule has 0 bridgehead atoms. The average molecular weight is 519 g/mol. The molecular weight excluding hydrogens is 491 g/mol. The number of nitrogens with one attached hydrogen (secondary N) is 2. The third-order valence-electron chi connectivity index (χ3n) is 4.66. The van der Waals surface area contributed by atoms with Gasteiger partial charge in [0.05, 0.1) is 11.3 Å². The predicted octanol–water partition coefficient (Wildman–Crippen LogP) is 1.75. The van der Waals surface area contributed by atoms with E-state index in [4.69, 9.17) is 10.5 Å². The van der Waals surface area contributed by atoms with E-state index in [-0.39, 0.29) is 17.0 Å². The molecule has 0 aromatic heterocycles. The summed E-state index contributed by atoms with van der Waals surface area (Å²) >= 11 is 1.11. The van der Waals surface area contributed by atoms with Gasteiger partial charge >= 0.3 is 12.1 Å². The first-order valence-electron chi connectivity index (χ1n) is 9.94. The molecule has 1 heterocycles. The minimum Gasteiger partial charge on any atom is -0.444 e. The number of anilines is 1. The molecule has 0 radical (unpaired) electrons. The van der Waals surface area contributed by atoms with Gasteiger partial charge in [-0.2, -0.15) is 0 Å². The van der Waals surface area contributed by atoms with Crippen LogP contribution in [0.1, 0.15) is 40.2 Å². The van der Waals surface area contributed by atoms with Gasteiger partial charge < -0.3 is 25.9 Å². The molecule has 34 heavy (non-hydrogen) atoms. The van der Waals surface area contributed by atoms with Crippen molar-refractivity contribution in [1.29, 1.82) is 0 Å². The number of nitrogens with two attached hydrogens (primary N) is 1. The molecule has 1 aliphatic rings. The summed E-state index contributed by atoms with van der Waals surface area (Å²) in [4.78, 5) is 41.7. The van der Waals surface area contributed by atoms with Gasteiger partial charge in [-0.25, -0.2) is 22.4 Å². The van der Waals surface area contributed by atoms with E-state index in [2.05, 4.69) is 20.6 Å². The number of amides is 2. The number of amidine groups is 1. The predicted molar refractivity (Wildman–Crippen MR) is 125 cm³/mol. The molecule has 1 atom stereocenters. The van der Waals surface area contributed by atoms with Crippen molar-refractivity contribution in [3.8, 4) is 0 Å². The normalized spacial score (nSPS) is 17.2. The minimum absolute atomic E-state index is 0.110. The van der Waals surface area contributed by atoms with Crippen LogP contribution in [0.15, 0.2) is 22.2 Å². The fourth-order valence-corrected chi connectivity index (χ4v) is 3.77. The van der Waals surface area contributed by atoms with Crippen LogP contribution in [0.25, 0.3) is 0 Å². The lowest BCUT2D eigenvalue weighted by molar-refractivity contribution is -0.145. The van der Waals surface area contributed by atoms with Gasteiger partial charge in [0.15, 0.2) is 20.4 Å². The number of rotatable bonds is 5. The Morgan fingerprint density at radius 1 is 1.26 bits per heavy atom. The van der Waals surface area contributed by atoms with Gasteiger partial charge in [0.25, 0.3) is 0 Å². The Labute approximate surface area is 200 Å². The highest BCUT2D eigenvalue weighted by atomic mass is 32.2. The van der Waals surface area contributed by atoms with Crippen LogP contribution in [0.3, 0.4) is 0 Å². The molecule has 2 amide bonds. The summed E-state index contributed by atoms with van der Waals surface area (Å²) in [6.45, 7) is 7.31.